The van der Waals surface area contributed by atoms with Crippen LogP contribution >= 0.6 is 0 Å². The van der Waals surface area contributed by atoms with Crippen molar-refractivity contribution in [3.63, 3.8) is 0 Å². The number of aliphatic carboxylic acids is 1. The quantitative estimate of drug-likeness (QED) is 0.472. The first-order chi connectivity index (χ1) is 17.7. The van der Waals surface area contributed by atoms with Crippen LogP contribution in [0.3, 0.4) is 0 Å². The normalized spacial score (nSPS) is 25.3. The first-order valence-electron chi connectivity index (χ1n) is 13.2. The van der Waals surface area contributed by atoms with Crippen LogP contribution in [0.25, 0.3) is 0 Å². The molecule has 202 valence electrons. The Labute approximate surface area is 214 Å². The van der Waals surface area contributed by atoms with Crippen molar-refractivity contribution in [1.82, 2.24) is 20.0 Å². The number of piperidine rings is 1. The average molecular weight is 523 g/mol. The van der Waals surface area contributed by atoms with Crippen molar-refractivity contribution in [1.29, 1.82) is 0 Å². The molecular formula is C27H34F4N4O2. The maximum Gasteiger partial charge on any atom is 0.435 e. The molecule has 3 aliphatic rings. The van der Waals surface area contributed by atoms with E-state index in [0.29, 0.717) is 56.1 Å². The lowest BCUT2D eigenvalue weighted by molar-refractivity contribution is -0.144. The summed E-state index contributed by atoms with van der Waals surface area (Å²) in [6, 6.07) is 7.31. The number of halogens is 4. The molecule has 3 fully saturated rings. The number of likely N-dealkylation sites (tertiary alicyclic amines) is 2. The number of aromatic amines is 1. The second kappa shape index (κ2) is 10.7. The van der Waals surface area contributed by atoms with Crippen LogP contribution in [0.15, 0.2) is 30.3 Å². The first kappa shape index (κ1) is 26.2. The topological polar surface area (TPSA) is 72.5 Å². The largest absolute Gasteiger partial charge is 0.480 e. The van der Waals surface area contributed by atoms with Gasteiger partial charge >= 0.3 is 12.1 Å². The van der Waals surface area contributed by atoms with Gasteiger partial charge in [0, 0.05) is 37.2 Å². The summed E-state index contributed by atoms with van der Waals surface area (Å²) in [7, 11) is 0. The Morgan fingerprint density at radius 3 is 2.46 bits per heavy atom. The third-order valence-corrected chi connectivity index (χ3v) is 8.69. The van der Waals surface area contributed by atoms with Crippen molar-refractivity contribution in [3.8, 4) is 0 Å². The molecule has 2 aromatic rings. The minimum Gasteiger partial charge on any atom is -0.480 e. The highest BCUT2D eigenvalue weighted by Gasteiger charge is 2.42. The molecule has 3 unspecified atom stereocenters. The molecule has 6 nitrogen and oxygen atoms in total. The number of carboxylic acid groups (broad SMARTS) is 1. The van der Waals surface area contributed by atoms with Crippen LogP contribution in [-0.4, -0.2) is 69.8 Å². The summed E-state index contributed by atoms with van der Waals surface area (Å²) in [6.45, 7) is 3.25. The number of carbonyl (C=O) groups is 1. The Hall–Kier alpha value is -2.46. The summed E-state index contributed by atoms with van der Waals surface area (Å²) < 4.78 is 53.6. The molecule has 10 heteroatoms. The molecule has 0 spiro atoms. The van der Waals surface area contributed by atoms with Gasteiger partial charge in [-0.25, -0.2) is 4.39 Å². The number of aromatic nitrogens is 2. The number of carboxylic acids is 1. The van der Waals surface area contributed by atoms with Gasteiger partial charge < -0.3 is 10.0 Å². The second-order valence-corrected chi connectivity index (χ2v) is 11.0. The Kier molecular flexibility index (Phi) is 7.58. The maximum absolute atomic E-state index is 14.8. The fourth-order valence-corrected chi connectivity index (χ4v) is 6.37. The summed E-state index contributed by atoms with van der Waals surface area (Å²) in [4.78, 5) is 16.5. The minimum atomic E-state index is -4.46. The molecule has 1 aromatic carbocycles. The van der Waals surface area contributed by atoms with E-state index in [9.17, 15) is 27.5 Å². The minimum absolute atomic E-state index is 0.0128. The van der Waals surface area contributed by atoms with Crippen LogP contribution in [0.5, 0.6) is 0 Å². The van der Waals surface area contributed by atoms with Crippen LogP contribution in [0.4, 0.5) is 17.6 Å². The van der Waals surface area contributed by atoms with Crippen molar-refractivity contribution in [2.45, 2.75) is 62.6 Å². The molecular weight excluding hydrogens is 488 g/mol. The van der Waals surface area contributed by atoms with Gasteiger partial charge in [-0.05, 0) is 61.9 Å². The lowest BCUT2D eigenvalue weighted by atomic mass is 9.80. The third-order valence-electron chi connectivity index (χ3n) is 8.69. The van der Waals surface area contributed by atoms with Gasteiger partial charge in [0.1, 0.15) is 11.9 Å². The van der Waals surface area contributed by atoms with Crippen LogP contribution in [0, 0.1) is 17.7 Å². The molecule has 5 rings (SSSR count). The predicted molar refractivity (Wildman–Crippen MR) is 130 cm³/mol. The summed E-state index contributed by atoms with van der Waals surface area (Å²) in [5.74, 6) is -0.667. The lowest BCUT2D eigenvalue weighted by Gasteiger charge is -2.34. The Morgan fingerprint density at radius 1 is 1.14 bits per heavy atom. The number of H-pyrrole nitrogens is 1. The van der Waals surface area contributed by atoms with E-state index in [0.717, 1.165) is 38.4 Å². The van der Waals surface area contributed by atoms with E-state index in [1.807, 2.05) is 11.0 Å². The van der Waals surface area contributed by atoms with E-state index in [2.05, 4.69) is 15.1 Å². The standard InChI is InChI=1S/C27H34F4N4O2/c28-22-7-2-1-6-20(22)21-16-35(24(26(36)37)12-17-4-3-5-17)15-19(21)14-34-10-8-18(9-11-34)23-13-25(33-32-23)27(29,30)31/h1-2,6-7,13,17-19,21,24H,3-5,8-12,14-16H2,(H,32,33)(H,36,37). The van der Waals surface area contributed by atoms with Gasteiger partial charge in [0.2, 0.25) is 0 Å². The summed E-state index contributed by atoms with van der Waals surface area (Å²) in [6.07, 6.45) is 0.906. The van der Waals surface area contributed by atoms with E-state index in [-0.39, 0.29) is 23.6 Å². The summed E-state index contributed by atoms with van der Waals surface area (Å²) in [5, 5.41) is 16.0. The van der Waals surface area contributed by atoms with Gasteiger partial charge in [0.25, 0.3) is 0 Å². The molecule has 3 heterocycles. The fraction of sp³-hybridized carbons (Fsp3) is 0.630. The number of hydrogen-bond donors (Lipinski definition) is 2. The second-order valence-electron chi connectivity index (χ2n) is 11.0. The molecule has 1 saturated carbocycles. The molecule has 0 amide bonds. The number of rotatable bonds is 8. The molecule has 0 bridgehead atoms. The number of nitrogens with one attached hydrogen (secondary N) is 1. The molecule has 37 heavy (non-hydrogen) atoms. The van der Waals surface area contributed by atoms with E-state index in [1.54, 1.807) is 12.1 Å². The first-order valence-corrected chi connectivity index (χ1v) is 13.2. The molecule has 2 aliphatic heterocycles. The number of alkyl halides is 3. The summed E-state index contributed by atoms with van der Waals surface area (Å²) >= 11 is 0. The highest BCUT2D eigenvalue weighted by Crippen LogP contribution is 2.39. The van der Waals surface area contributed by atoms with Gasteiger partial charge in [-0.1, -0.05) is 37.5 Å². The highest BCUT2D eigenvalue weighted by atomic mass is 19.4. The molecule has 3 atom stereocenters. The maximum atomic E-state index is 14.8. The van der Waals surface area contributed by atoms with Gasteiger partial charge in [-0.2, -0.15) is 18.3 Å². The van der Waals surface area contributed by atoms with E-state index in [1.165, 1.54) is 6.07 Å². The number of benzene rings is 1. The zero-order valence-corrected chi connectivity index (χ0v) is 20.8. The third kappa shape index (κ3) is 5.85. The molecule has 0 radical (unpaired) electrons. The van der Waals surface area contributed by atoms with Crippen molar-refractivity contribution in [2.75, 3.05) is 32.7 Å². The molecule has 1 aromatic heterocycles. The van der Waals surface area contributed by atoms with Crippen LogP contribution in [0.2, 0.25) is 0 Å². The lowest BCUT2D eigenvalue weighted by Crippen LogP contribution is -2.43. The Morgan fingerprint density at radius 2 is 1.86 bits per heavy atom. The van der Waals surface area contributed by atoms with Crippen molar-refractivity contribution in [3.05, 3.63) is 53.1 Å². The summed E-state index contributed by atoms with van der Waals surface area (Å²) in [5.41, 5.74) is 0.261. The van der Waals surface area contributed by atoms with Gasteiger partial charge in [-0.15, -0.1) is 0 Å². The SMILES string of the molecule is O=C(O)C(CC1CCC1)N1CC(CN2CCC(c3cc(C(F)(F)F)n[nH]3)CC2)C(c2ccccc2F)C1. The van der Waals surface area contributed by atoms with Crippen LogP contribution < -0.4 is 0 Å². The van der Waals surface area contributed by atoms with Gasteiger partial charge in [0.15, 0.2) is 5.69 Å². The van der Waals surface area contributed by atoms with Crippen LogP contribution in [-0.2, 0) is 11.0 Å². The average Bonchev–Trinajstić information content (AvgIpc) is 3.47. The molecule has 2 N–H and O–H groups in total. The van der Waals surface area contributed by atoms with E-state index >= 15 is 0 Å². The fourth-order valence-electron chi connectivity index (χ4n) is 6.37. The van der Waals surface area contributed by atoms with Crippen molar-refractivity contribution >= 4 is 5.97 Å². The van der Waals surface area contributed by atoms with E-state index in [4.69, 9.17) is 0 Å². The van der Waals surface area contributed by atoms with Crippen molar-refractivity contribution < 1.29 is 27.5 Å². The Balaban J connectivity index is 1.26. The zero-order chi connectivity index (χ0) is 26.2. The smallest absolute Gasteiger partial charge is 0.435 e. The van der Waals surface area contributed by atoms with Gasteiger partial charge in [0.05, 0.1) is 0 Å². The number of nitrogens with zero attached hydrogens (tertiary/aromatic N) is 3. The highest BCUT2D eigenvalue weighted by molar-refractivity contribution is 5.73. The molecule has 2 saturated heterocycles. The number of hydrogen-bond acceptors (Lipinski definition) is 4. The van der Waals surface area contributed by atoms with Gasteiger partial charge in [-0.3, -0.25) is 14.8 Å². The van der Waals surface area contributed by atoms with Crippen molar-refractivity contribution in [2.24, 2.45) is 11.8 Å². The zero-order valence-electron chi connectivity index (χ0n) is 20.8. The monoisotopic (exact) mass is 522 g/mol. The van der Waals surface area contributed by atoms with E-state index < -0.39 is 23.9 Å². The predicted octanol–water partition coefficient (Wildman–Crippen LogP) is 5.11. The van der Waals surface area contributed by atoms with Crippen LogP contribution in [0.1, 0.15) is 67.3 Å². The Bertz CT molecular complexity index is 1080. The molecule has 1 aliphatic carbocycles.